The fraction of sp³-hybridized carbons (Fsp3) is 0.312. The Morgan fingerprint density at radius 3 is 2.53 bits per heavy atom. The number of nitrogens with one attached hydrogen (secondary N) is 1. The Balaban J connectivity index is 2.11. The van der Waals surface area contributed by atoms with Gasteiger partial charge in [-0.15, -0.1) is 0 Å². The lowest BCUT2D eigenvalue weighted by Crippen LogP contribution is -2.24. The van der Waals surface area contributed by atoms with Gasteiger partial charge in [-0.2, -0.15) is 0 Å². The summed E-state index contributed by atoms with van der Waals surface area (Å²) in [6, 6.07) is 11.1. The Bertz CT molecular complexity index is 513. The number of aromatic nitrogens is 1. The zero-order valence-electron chi connectivity index (χ0n) is 11.3. The second-order valence-electron chi connectivity index (χ2n) is 4.68. The first kappa shape index (κ1) is 13.7. The van der Waals surface area contributed by atoms with E-state index in [2.05, 4.69) is 24.1 Å². The molecule has 2 nitrogen and oxygen atoms in total. The van der Waals surface area contributed by atoms with Crippen LogP contribution in [0.4, 0.5) is 4.39 Å². The van der Waals surface area contributed by atoms with Crippen molar-refractivity contribution in [2.24, 2.45) is 0 Å². The van der Waals surface area contributed by atoms with Crippen LogP contribution in [0.1, 0.15) is 43.5 Å². The quantitative estimate of drug-likeness (QED) is 0.876. The molecule has 0 bridgehead atoms. The summed E-state index contributed by atoms with van der Waals surface area (Å²) >= 11 is 0. The monoisotopic (exact) mass is 258 g/mol. The molecule has 1 N–H and O–H groups in total. The van der Waals surface area contributed by atoms with Gasteiger partial charge in [0.25, 0.3) is 0 Å². The van der Waals surface area contributed by atoms with Crippen LogP contribution in [0.3, 0.4) is 0 Å². The van der Waals surface area contributed by atoms with E-state index in [4.69, 9.17) is 0 Å². The van der Waals surface area contributed by atoms with Crippen LogP contribution < -0.4 is 5.32 Å². The van der Waals surface area contributed by atoms with Gasteiger partial charge in [0.15, 0.2) is 0 Å². The SMILES string of the molecule is CCC(N[C@@H](C)c1ccncc1)c1cccc(F)c1. The Morgan fingerprint density at radius 2 is 1.89 bits per heavy atom. The molecule has 2 atom stereocenters. The first-order chi connectivity index (χ1) is 9.20. The third-order valence-electron chi connectivity index (χ3n) is 3.32. The second kappa shape index (κ2) is 6.43. The molecule has 0 aliphatic rings. The minimum absolute atomic E-state index is 0.152. The Kier molecular flexibility index (Phi) is 4.63. The van der Waals surface area contributed by atoms with Gasteiger partial charge in [0.2, 0.25) is 0 Å². The highest BCUT2D eigenvalue weighted by Crippen LogP contribution is 2.22. The number of hydrogen-bond donors (Lipinski definition) is 1. The molecular weight excluding hydrogens is 239 g/mol. The van der Waals surface area contributed by atoms with E-state index in [0.717, 1.165) is 12.0 Å². The fourth-order valence-electron chi connectivity index (χ4n) is 2.22. The van der Waals surface area contributed by atoms with Crippen LogP contribution in [0.15, 0.2) is 48.8 Å². The number of hydrogen-bond acceptors (Lipinski definition) is 2. The Morgan fingerprint density at radius 1 is 1.16 bits per heavy atom. The largest absolute Gasteiger partial charge is 0.303 e. The second-order valence-corrected chi connectivity index (χ2v) is 4.68. The van der Waals surface area contributed by atoms with Crippen LogP contribution in [-0.2, 0) is 0 Å². The normalized spacial score (nSPS) is 14.1. The molecule has 0 saturated heterocycles. The van der Waals surface area contributed by atoms with E-state index in [0.29, 0.717) is 0 Å². The summed E-state index contributed by atoms with van der Waals surface area (Å²) in [6.07, 6.45) is 4.49. The summed E-state index contributed by atoms with van der Waals surface area (Å²) in [5.41, 5.74) is 2.17. The van der Waals surface area contributed by atoms with Crippen LogP contribution in [0.5, 0.6) is 0 Å². The molecule has 1 aromatic heterocycles. The lowest BCUT2D eigenvalue weighted by molar-refractivity contribution is 0.454. The van der Waals surface area contributed by atoms with Gasteiger partial charge in [-0.25, -0.2) is 4.39 Å². The average molecular weight is 258 g/mol. The molecule has 2 aromatic rings. The number of rotatable bonds is 5. The molecular formula is C16H19FN2. The van der Waals surface area contributed by atoms with Gasteiger partial charge >= 0.3 is 0 Å². The minimum Gasteiger partial charge on any atom is -0.303 e. The lowest BCUT2D eigenvalue weighted by Gasteiger charge is -2.23. The summed E-state index contributed by atoms with van der Waals surface area (Å²) in [4.78, 5) is 4.02. The molecule has 0 saturated carbocycles. The summed E-state index contributed by atoms with van der Waals surface area (Å²) in [5, 5.41) is 3.53. The first-order valence-corrected chi connectivity index (χ1v) is 6.62. The van der Waals surface area contributed by atoms with Gasteiger partial charge in [-0.1, -0.05) is 19.1 Å². The van der Waals surface area contributed by atoms with Gasteiger partial charge in [0.1, 0.15) is 5.82 Å². The highest BCUT2D eigenvalue weighted by atomic mass is 19.1. The fourth-order valence-corrected chi connectivity index (χ4v) is 2.22. The number of pyridine rings is 1. The van der Waals surface area contributed by atoms with E-state index in [1.165, 1.54) is 11.6 Å². The van der Waals surface area contributed by atoms with E-state index in [9.17, 15) is 4.39 Å². The van der Waals surface area contributed by atoms with Crippen molar-refractivity contribution < 1.29 is 4.39 Å². The molecule has 1 heterocycles. The highest BCUT2D eigenvalue weighted by molar-refractivity contribution is 5.21. The Labute approximate surface area is 113 Å². The molecule has 2 rings (SSSR count). The molecule has 3 heteroatoms. The van der Waals surface area contributed by atoms with Crippen LogP contribution in [0.25, 0.3) is 0 Å². The molecule has 0 amide bonds. The zero-order valence-corrected chi connectivity index (χ0v) is 11.3. The summed E-state index contributed by atoms with van der Waals surface area (Å²) < 4.78 is 13.3. The topological polar surface area (TPSA) is 24.9 Å². The van der Waals surface area contributed by atoms with Crippen LogP contribution in [-0.4, -0.2) is 4.98 Å². The van der Waals surface area contributed by atoms with Gasteiger partial charge in [0.05, 0.1) is 0 Å². The van der Waals surface area contributed by atoms with E-state index in [-0.39, 0.29) is 17.9 Å². The lowest BCUT2D eigenvalue weighted by atomic mass is 10.0. The van der Waals surface area contributed by atoms with Crippen molar-refractivity contribution in [3.63, 3.8) is 0 Å². The predicted octanol–water partition coefficient (Wildman–Crippen LogP) is 4.02. The van der Waals surface area contributed by atoms with Crippen molar-refractivity contribution in [1.29, 1.82) is 0 Å². The van der Waals surface area contributed by atoms with Crippen molar-refractivity contribution in [2.45, 2.75) is 32.4 Å². The predicted molar refractivity (Wildman–Crippen MR) is 75.2 cm³/mol. The summed E-state index contributed by atoms with van der Waals surface area (Å²) in [5.74, 6) is -0.186. The third-order valence-corrected chi connectivity index (χ3v) is 3.32. The van der Waals surface area contributed by atoms with E-state index in [1.54, 1.807) is 24.5 Å². The number of nitrogens with zero attached hydrogens (tertiary/aromatic N) is 1. The van der Waals surface area contributed by atoms with Crippen molar-refractivity contribution in [1.82, 2.24) is 10.3 Å². The molecule has 1 aromatic carbocycles. The van der Waals surface area contributed by atoms with Crippen LogP contribution >= 0.6 is 0 Å². The molecule has 0 spiro atoms. The molecule has 0 radical (unpaired) electrons. The van der Waals surface area contributed by atoms with E-state index < -0.39 is 0 Å². The van der Waals surface area contributed by atoms with Gasteiger partial charge in [0, 0.05) is 24.5 Å². The third kappa shape index (κ3) is 3.61. The molecule has 0 aliphatic heterocycles. The number of benzene rings is 1. The van der Waals surface area contributed by atoms with Crippen molar-refractivity contribution in [2.75, 3.05) is 0 Å². The van der Waals surface area contributed by atoms with Gasteiger partial charge in [-0.05, 0) is 48.7 Å². The maximum Gasteiger partial charge on any atom is 0.123 e. The molecule has 100 valence electrons. The average Bonchev–Trinajstić information content (AvgIpc) is 2.45. The highest BCUT2D eigenvalue weighted by Gasteiger charge is 2.14. The molecule has 0 aliphatic carbocycles. The molecule has 19 heavy (non-hydrogen) atoms. The number of halogens is 1. The van der Waals surface area contributed by atoms with Crippen LogP contribution in [0.2, 0.25) is 0 Å². The standard InChI is InChI=1S/C16H19FN2/c1-3-16(14-5-4-6-15(17)11-14)19-12(2)13-7-9-18-10-8-13/h4-12,16,19H,3H2,1-2H3/t12-,16?/m0/s1. The first-order valence-electron chi connectivity index (χ1n) is 6.62. The zero-order chi connectivity index (χ0) is 13.7. The van der Waals surface area contributed by atoms with E-state index in [1.807, 2.05) is 18.2 Å². The Hall–Kier alpha value is -1.74. The maximum absolute atomic E-state index is 13.3. The molecule has 1 unspecified atom stereocenters. The summed E-state index contributed by atoms with van der Waals surface area (Å²) in [6.45, 7) is 4.21. The van der Waals surface area contributed by atoms with Crippen LogP contribution in [0, 0.1) is 5.82 Å². The van der Waals surface area contributed by atoms with Crippen molar-refractivity contribution in [3.05, 3.63) is 65.7 Å². The van der Waals surface area contributed by atoms with E-state index >= 15 is 0 Å². The maximum atomic E-state index is 13.3. The smallest absolute Gasteiger partial charge is 0.123 e. The van der Waals surface area contributed by atoms with Gasteiger partial charge in [-0.3, -0.25) is 4.98 Å². The van der Waals surface area contributed by atoms with Crippen molar-refractivity contribution in [3.8, 4) is 0 Å². The summed E-state index contributed by atoms with van der Waals surface area (Å²) in [7, 11) is 0. The molecule has 0 fully saturated rings. The minimum atomic E-state index is -0.186. The van der Waals surface area contributed by atoms with Crippen molar-refractivity contribution >= 4 is 0 Å². The van der Waals surface area contributed by atoms with Gasteiger partial charge < -0.3 is 5.32 Å².